The highest BCUT2D eigenvalue weighted by Gasteiger charge is 2.35. The summed E-state index contributed by atoms with van der Waals surface area (Å²) in [5.41, 5.74) is 0. The largest absolute Gasteiger partial charge is 0.480 e. The van der Waals surface area contributed by atoms with Crippen molar-refractivity contribution >= 4 is 12.0 Å². The maximum Gasteiger partial charge on any atom is 0.326 e. The van der Waals surface area contributed by atoms with Crippen molar-refractivity contribution < 1.29 is 19.4 Å². The Labute approximate surface area is 114 Å². The summed E-state index contributed by atoms with van der Waals surface area (Å²) < 4.78 is 5.01. The second kappa shape index (κ2) is 7.33. The number of hydrogen-bond acceptors (Lipinski definition) is 3. The van der Waals surface area contributed by atoms with Crippen molar-refractivity contribution in [2.75, 3.05) is 20.3 Å². The number of nitrogens with zero attached hydrogens (tertiary/aromatic N) is 1. The predicted octanol–water partition coefficient (Wildman–Crippen LogP) is 1.31. The first-order valence-electron chi connectivity index (χ1n) is 6.80. The number of nitrogens with one attached hydrogen (secondary N) is 1. The zero-order chi connectivity index (χ0) is 14.4. The highest BCUT2D eigenvalue weighted by atomic mass is 16.5. The Morgan fingerprint density at radius 1 is 1.47 bits per heavy atom. The first-order valence-corrected chi connectivity index (χ1v) is 6.80. The molecule has 1 aliphatic carbocycles. The molecule has 0 heterocycles. The minimum Gasteiger partial charge on any atom is -0.480 e. The van der Waals surface area contributed by atoms with Crippen molar-refractivity contribution in [2.45, 2.75) is 45.2 Å². The van der Waals surface area contributed by atoms with Crippen molar-refractivity contribution in [3.05, 3.63) is 0 Å². The molecule has 0 aromatic carbocycles. The van der Waals surface area contributed by atoms with Crippen LogP contribution in [0.25, 0.3) is 0 Å². The average molecular weight is 272 g/mol. The van der Waals surface area contributed by atoms with Gasteiger partial charge in [0.15, 0.2) is 0 Å². The van der Waals surface area contributed by atoms with E-state index in [2.05, 4.69) is 5.32 Å². The number of carbonyl (C=O) groups is 2. The van der Waals surface area contributed by atoms with E-state index in [1.54, 1.807) is 18.9 Å². The van der Waals surface area contributed by atoms with Crippen LogP contribution in [-0.2, 0) is 9.53 Å². The van der Waals surface area contributed by atoms with Crippen LogP contribution < -0.4 is 5.32 Å². The van der Waals surface area contributed by atoms with Gasteiger partial charge in [0.25, 0.3) is 0 Å². The fourth-order valence-corrected chi connectivity index (χ4v) is 2.08. The molecule has 6 heteroatoms. The van der Waals surface area contributed by atoms with Gasteiger partial charge in [0.2, 0.25) is 0 Å². The first kappa shape index (κ1) is 15.8. The average Bonchev–Trinajstić information content (AvgIpc) is 3.19. The van der Waals surface area contributed by atoms with Gasteiger partial charge in [0.05, 0.1) is 6.61 Å². The van der Waals surface area contributed by atoms with Crippen LogP contribution in [0.4, 0.5) is 4.79 Å². The minimum atomic E-state index is -0.999. The molecule has 0 bridgehead atoms. The summed E-state index contributed by atoms with van der Waals surface area (Å²) in [6.45, 7) is 4.68. The number of carboxylic acids is 1. The normalized spacial score (nSPS) is 17.6. The van der Waals surface area contributed by atoms with Gasteiger partial charge in [-0.2, -0.15) is 0 Å². The molecule has 2 atom stereocenters. The molecule has 0 radical (unpaired) electrons. The Balaban J connectivity index is 2.61. The van der Waals surface area contributed by atoms with Crippen LogP contribution in [-0.4, -0.2) is 54.4 Å². The lowest BCUT2D eigenvalue weighted by Gasteiger charge is -2.30. The molecule has 1 fully saturated rings. The van der Waals surface area contributed by atoms with Gasteiger partial charge in [0.1, 0.15) is 6.04 Å². The third kappa shape index (κ3) is 4.70. The third-order valence-electron chi connectivity index (χ3n) is 3.60. The minimum absolute atomic E-state index is 0.126. The summed E-state index contributed by atoms with van der Waals surface area (Å²) in [4.78, 5) is 24.8. The van der Waals surface area contributed by atoms with Crippen LogP contribution in [0.15, 0.2) is 0 Å². The standard InChI is InChI=1S/C13H24N2O4/c1-4-11(12(16)17)14-13(18)15(7-8-19-3)9(2)10-5-6-10/h9-11H,4-8H2,1-3H3,(H,14,18)(H,16,17). The molecule has 19 heavy (non-hydrogen) atoms. The van der Waals surface area contributed by atoms with Crippen molar-refractivity contribution in [1.82, 2.24) is 10.2 Å². The molecule has 2 unspecified atom stereocenters. The highest BCUT2D eigenvalue weighted by molar-refractivity contribution is 5.82. The number of urea groups is 1. The third-order valence-corrected chi connectivity index (χ3v) is 3.60. The molecule has 6 nitrogen and oxygen atoms in total. The van der Waals surface area contributed by atoms with E-state index >= 15 is 0 Å². The second-order valence-corrected chi connectivity index (χ2v) is 5.01. The molecule has 2 N–H and O–H groups in total. The summed E-state index contributed by atoms with van der Waals surface area (Å²) in [6, 6.07) is -1.02. The van der Waals surface area contributed by atoms with E-state index < -0.39 is 12.0 Å². The van der Waals surface area contributed by atoms with Gasteiger partial charge in [-0.05, 0) is 32.1 Å². The highest BCUT2D eigenvalue weighted by Crippen LogP contribution is 2.35. The zero-order valence-corrected chi connectivity index (χ0v) is 11.9. The predicted molar refractivity (Wildman–Crippen MR) is 71.0 cm³/mol. The molecule has 0 saturated heterocycles. The molecule has 2 amide bonds. The Bertz CT molecular complexity index is 318. The molecule has 0 aromatic heterocycles. The Hall–Kier alpha value is -1.30. The molecule has 0 aromatic rings. The van der Waals surface area contributed by atoms with Crippen LogP contribution in [0.1, 0.15) is 33.1 Å². The molecular weight excluding hydrogens is 248 g/mol. The maximum absolute atomic E-state index is 12.2. The van der Waals surface area contributed by atoms with E-state index in [0.717, 1.165) is 12.8 Å². The summed E-state index contributed by atoms with van der Waals surface area (Å²) in [5, 5.41) is 11.6. The lowest BCUT2D eigenvalue weighted by Crippen LogP contribution is -2.52. The Morgan fingerprint density at radius 3 is 2.53 bits per heavy atom. The number of carbonyl (C=O) groups excluding carboxylic acids is 1. The van der Waals surface area contributed by atoms with Crippen LogP contribution >= 0.6 is 0 Å². The zero-order valence-electron chi connectivity index (χ0n) is 11.9. The van der Waals surface area contributed by atoms with E-state index in [9.17, 15) is 9.59 Å². The number of aliphatic carboxylic acids is 1. The van der Waals surface area contributed by atoms with Crippen LogP contribution in [0.2, 0.25) is 0 Å². The van der Waals surface area contributed by atoms with Crippen LogP contribution in [0, 0.1) is 5.92 Å². The monoisotopic (exact) mass is 272 g/mol. The smallest absolute Gasteiger partial charge is 0.326 e. The first-order chi connectivity index (χ1) is 9.01. The van der Waals surface area contributed by atoms with E-state index in [0.29, 0.717) is 25.5 Å². The van der Waals surface area contributed by atoms with Gasteiger partial charge >= 0.3 is 12.0 Å². The summed E-state index contributed by atoms with van der Waals surface area (Å²) >= 11 is 0. The maximum atomic E-state index is 12.2. The second-order valence-electron chi connectivity index (χ2n) is 5.01. The van der Waals surface area contributed by atoms with E-state index in [1.807, 2.05) is 6.92 Å². The van der Waals surface area contributed by atoms with Crippen LogP contribution in [0.3, 0.4) is 0 Å². The molecule has 0 spiro atoms. The Morgan fingerprint density at radius 2 is 2.11 bits per heavy atom. The number of methoxy groups -OCH3 is 1. The van der Waals surface area contributed by atoms with Gasteiger partial charge in [-0.15, -0.1) is 0 Å². The number of ether oxygens (including phenoxy) is 1. The van der Waals surface area contributed by atoms with Crippen molar-refractivity contribution in [2.24, 2.45) is 5.92 Å². The summed E-state index contributed by atoms with van der Waals surface area (Å²) in [5.74, 6) is -0.464. The van der Waals surface area contributed by atoms with Crippen molar-refractivity contribution in [3.63, 3.8) is 0 Å². The topological polar surface area (TPSA) is 78.9 Å². The molecule has 1 rings (SSSR count). The molecule has 0 aliphatic heterocycles. The van der Waals surface area contributed by atoms with E-state index in [1.165, 1.54) is 0 Å². The van der Waals surface area contributed by atoms with E-state index in [-0.39, 0.29) is 12.1 Å². The molecule has 110 valence electrons. The number of hydrogen-bond donors (Lipinski definition) is 2. The Kier molecular flexibility index (Phi) is 6.08. The molecular formula is C13H24N2O4. The molecule has 1 saturated carbocycles. The van der Waals surface area contributed by atoms with Gasteiger partial charge < -0.3 is 20.1 Å². The van der Waals surface area contributed by atoms with Gasteiger partial charge in [-0.25, -0.2) is 9.59 Å². The number of rotatable bonds is 8. The SMILES string of the molecule is CCC(NC(=O)N(CCOC)C(C)C1CC1)C(=O)O. The lowest BCUT2D eigenvalue weighted by atomic mass is 10.2. The molecule has 1 aliphatic rings. The quantitative estimate of drug-likeness (QED) is 0.698. The number of amides is 2. The van der Waals surface area contributed by atoms with Crippen molar-refractivity contribution in [3.8, 4) is 0 Å². The van der Waals surface area contributed by atoms with Crippen LogP contribution in [0.5, 0.6) is 0 Å². The summed E-state index contributed by atoms with van der Waals surface area (Å²) in [7, 11) is 1.59. The van der Waals surface area contributed by atoms with E-state index in [4.69, 9.17) is 9.84 Å². The number of carboxylic acid groups (broad SMARTS) is 1. The van der Waals surface area contributed by atoms with Gasteiger partial charge in [-0.3, -0.25) is 0 Å². The lowest BCUT2D eigenvalue weighted by molar-refractivity contribution is -0.139. The van der Waals surface area contributed by atoms with Gasteiger partial charge in [-0.1, -0.05) is 6.92 Å². The fourth-order valence-electron chi connectivity index (χ4n) is 2.08. The van der Waals surface area contributed by atoms with Gasteiger partial charge in [0, 0.05) is 19.7 Å². The fraction of sp³-hybridized carbons (Fsp3) is 0.846. The van der Waals surface area contributed by atoms with Crippen molar-refractivity contribution in [1.29, 1.82) is 0 Å². The summed E-state index contributed by atoms with van der Waals surface area (Å²) in [6.07, 6.45) is 2.64.